The third-order valence-corrected chi connectivity index (χ3v) is 5.81. The summed E-state index contributed by atoms with van der Waals surface area (Å²) in [5.41, 5.74) is 1.14. The quantitative estimate of drug-likeness (QED) is 0.861. The number of fused-ring (bicyclic) bond motifs is 1. The Morgan fingerprint density at radius 1 is 1.25 bits per heavy atom. The summed E-state index contributed by atoms with van der Waals surface area (Å²) in [6.07, 6.45) is 3.40. The van der Waals surface area contributed by atoms with Crippen molar-refractivity contribution in [1.82, 2.24) is 14.7 Å². The fraction of sp³-hybridized carbons (Fsp3) is 0.619. The smallest absolute Gasteiger partial charge is 0.321 e. The Kier molecular flexibility index (Phi) is 6.44. The van der Waals surface area contributed by atoms with Gasteiger partial charge < -0.3 is 24.8 Å². The highest BCUT2D eigenvalue weighted by atomic mass is 16.5. The molecule has 0 aliphatic carbocycles. The minimum Gasteiger partial charge on any atom is -0.492 e. The first-order valence-corrected chi connectivity index (χ1v) is 10.2. The highest BCUT2D eigenvalue weighted by Gasteiger charge is 2.35. The number of hydrogen-bond acceptors (Lipinski definition) is 4. The van der Waals surface area contributed by atoms with Crippen LogP contribution in [0.4, 0.5) is 10.5 Å². The number of carbonyl (C=O) groups is 2. The lowest BCUT2D eigenvalue weighted by molar-refractivity contribution is 0.0542. The fourth-order valence-electron chi connectivity index (χ4n) is 4.32. The number of anilines is 1. The van der Waals surface area contributed by atoms with Crippen molar-refractivity contribution in [2.45, 2.75) is 32.2 Å². The summed E-state index contributed by atoms with van der Waals surface area (Å²) in [5.74, 6) is 0.975. The molecule has 2 heterocycles. The number of piperidine rings is 2. The zero-order valence-corrected chi connectivity index (χ0v) is 17.4. The molecule has 0 saturated carbocycles. The number of ether oxygens (including phenoxy) is 1. The van der Waals surface area contributed by atoms with E-state index < -0.39 is 0 Å². The Morgan fingerprint density at radius 3 is 2.75 bits per heavy atom. The zero-order valence-electron chi connectivity index (χ0n) is 17.4. The van der Waals surface area contributed by atoms with Crippen molar-refractivity contribution in [1.29, 1.82) is 0 Å². The van der Waals surface area contributed by atoms with E-state index in [1.54, 1.807) is 32.3 Å². The van der Waals surface area contributed by atoms with Gasteiger partial charge in [-0.25, -0.2) is 4.79 Å². The van der Waals surface area contributed by atoms with Gasteiger partial charge in [0.2, 0.25) is 0 Å². The number of amides is 3. The van der Waals surface area contributed by atoms with E-state index in [1.807, 2.05) is 11.8 Å². The van der Waals surface area contributed by atoms with Gasteiger partial charge in [-0.15, -0.1) is 0 Å². The van der Waals surface area contributed by atoms with Crippen LogP contribution in [0, 0.1) is 5.92 Å². The van der Waals surface area contributed by atoms with Gasteiger partial charge in [-0.2, -0.15) is 0 Å². The van der Waals surface area contributed by atoms with Crippen LogP contribution in [0.15, 0.2) is 18.2 Å². The summed E-state index contributed by atoms with van der Waals surface area (Å²) >= 11 is 0. The largest absolute Gasteiger partial charge is 0.492 e. The number of nitrogens with zero attached hydrogens (tertiary/aromatic N) is 3. The third kappa shape index (κ3) is 4.41. The second-order valence-electron chi connectivity index (χ2n) is 7.96. The van der Waals surface area contributed by atoms with Crippen molar-refractivity contribution in [3.05, 3.63) is 23.8 Å². The summed E-state index contributed by atoms with van der Waals surface area (Å²) in [4.78, 5) is 31.0. The van der Waals surface area contributed by atoms with E-state index in [0.29, 0.717) is 35.6 Å². The average molecular weight is 389 g/mol. The molecule has 7 heteroatoms. The number of hydrogen-bond donors (Lipinski definition) is 1. The molecule has 1 aromatic rings. The average Bonchev–Trinajstić information content (AvgIpc) is 2.68. The van der Waals surface area contributed by atoms with Crippen LogP contribution in [0.5, 0.6) is 5.75 Å². The van der Waals surface area contributed by atoms with Crippen molar-refractivity contribution in [3.8, 4) is 5.75 Å². The lowest BCUT2D eigenvalue weighted by Crippen LogP contribution is -2.54. The molecule has 3 rings (SSSR count). The van der Waals surface area contributed by atoms with Crippen LogP contribution in [-0.2, 0) is 0 Å². The first-order chi connectivity index (χ1) is 13.4. The van der Waals surface area contributed by atoms with Crippen LogP contribution in [0.1, 0.15) is 36.5 Å². The Balaban J connectivity index is 1.70. The lowest BCUT2D eigenvalue weighted by atomic mass is 9.84. The molecule has 2 unspecified atom stereocenters. The number of benzene rings is 1. The topological polar surface area (TPSA) is 65.1 Å². The van der Waals surface area contributed by atoms with E-state index in [4.69, 9.17) is 4.74 Å². The molecule has 2 aliphatic heterocycles. The first-order valence-electron chi connectivity index (χ1n) is 10.2. The Labute approximate surface area is 167 Å². The van der Waals surface area contributed by atoms with Gasteiger partial charge >= 0.3 is 6.03 Å². The molecular weight excluding hydrogens is 356 g/mol. The number of rotatable bonds is 4. The van der Waals surface area contributed by atoms with Gasteiger partial charge in [-0.1, -0.05) is 0 Å². The summed E-state index contributed by atoms with van der Waals surface area (Å²) in [7, 11) is 5.62. The van der Waals surface area contributed by atoms with Crippen molar-refractivity contribution in [3.63, 3.8) is 0 Å². The van der Waals surface area contributed by atoms with Crippen molar-refractivity contribution in [2.75, 3.05) is 52.7 Å². The van der Waals surface area contributed by atoms with E-state index in [-0.39, 0.29) is 11.9 Å². The van der Waals surface area contributed by atoms with Gasteiger partial charge in [0, 0.05) is 38.8 Å². The standard InChI is InChI=1S/C21H32N4O3/c1-5-28-19-13-15(20(26)23(2)3)8-9-17(19)22-21(27)25-12-10-18-16(14-25)7-6-11-24(18)4/h8-9,13,16,18H,5-7,10-12,14H2,1-4H3,(H,22,27). The van der Waals surface area contributed by atoms with Crippen LogP contribution in [-0.4, -0.2) is 80.1 Å². The fourth-order valence-corrected chi connectivity index (χ4v) is 4.32. The van der Waals surface area contributed by atoms with E-state index in [9.17, 15) is 9.59 Å². The maximum absolute atomic E-state index is 12.9. The molecule has 0 bridgehead atoms. The Bertz CT molecular complexity index is 722. The number of carbonyl (C=O) groups excluding carboxylic acids is 2. The van der Waals surface area contributed by atoms with Crippen LogP contribution in [0.25, 0.3) is 0 Å². The molecule has 154 valence electrons. The molecule has 0 spiro atoms. The van der Waals surface area contributed by atoms with E-state index in [0.717, 1.165) is 26.1 Å². The van der Waals surface area contributed by atoms with E-state index >= 15 is 0 Å². The van der Waals surface area contributed by atoms with Crippen LogP contribution < -0.4 is 10.1 Å². The molecule has 2 saturated heterocycles. The summed E-state index contributed by atoms with van der Waals surface area (Å²) in [6.45, 7) is 5.06. The highest BCUT2D eigenvalue weighted by Crippen LogP contribution is 2.31. The van der Waals surface area contributed by atoms with Crippen LogP contribution in [0.2, 0.25) is 0 Å². The van der Waals surface area contributed by atoms with Gasteiger partial charge in [0.1, 0.15) is 5.75 Å². The molecular formula is C21H32N4O3. The van der Waals surface area contributed by atoms with Crippen LogP contribution in [0.3, 0.4) is 0 Å². The summed E-state index contributed by atoms with van der Waals surface area (Å²) < 4.78 is 5.69. The Morgan fingerprint density at radius 2 is 2.04 bits per heavy atom. The summed E-state index contributed by atoms with van der Waals surface area (Å²) in [6, 6.07) is 5.67. The maximum atomic E-state index is 12.9. The molecule has 2 aliphatic rings. The number of nitrogens with one attached hydrogen (secondary N) is 1. The molecule has 2 atom stereocenters. The van der Waals surface area contributed by atoms with Gasteiger partial charge in [0.25, 0.3) is 5.91 Å². The maximum Gasteiger partial charge on any atom is 0.321 e. The van der Waals surface area contributed by atoms with Gasteiger partial charge in [0.15, 0.2) is 0 Å². The molecule has 2 fully saturated rings. The van der Waals surface area contributed by atoms with Crippen molar-refractivity contribution >= 4 is 17.6 Å². The molecule has 1 N–H and O–H groups in total. The van der Waals surface area contributed by atoms with Gasteiger partial charge in [0.05, 0.1) is 12.3 Å². The SMILES string of the molecule is CCOc1cc(C(=O)N(C)C)ccc1NC(=O)N1CCC2C(CCCN2C)C1. The molecule has 3 amide bonds. The van der Waals surface area contributed by atoms with Crippen molar-refractivity contribution in [2.24, 2.45) is 5.92 Å². The summed E-state index contributed by atoms with van der Waals surface area (Å²) in [5, 5.41) is 2.99. The molecule has 7 nitrogen and oxygen atoms in total. The first kappa shape index (κ1) is 20.5. The Hall–Kier alpha value is -2.28. The second kappa shape index (κ2) is 8.82. The number of likely N-dealkylation sites (tertiary alicyclic amines) is 2. The van der Waals surface area contributed by atoms with Crippen LogP contribution >= 0.6 is 0 Å². The van der Waals surface area contributed by atoms with Crippen molar-refractivity contribution < 1.29 is 14.3 Å². The van der Waals surface area contributed by atoms with Gasteiger partial charge in [-0.05, 0) is 63.9 Å². The molecule has 0 aromatic heterocycles. The van der Waals surface area contributed by atoms with Gasteiger partial charge in [-0.3, -0.25) is 4.79 Å². The predicted molar refractivity (Wildman–Crippen MR) is 110 cm³/mol. The molecule has 1 aromatic carbocycles. The monoisotopic (exact) mass is 388 g/mol. The van der Waals surface area contributed by atoms with E-state index in [2.05, 4.69) is 17.3 Å². The zero-order chi connectivity index (χ0) is 20.3. The molecule has 28 heavy (non-hydrogen) atoms. The van der Waals surface area contributed by atoms with E-state index in [1.165, 1.54) is 17.7 Å². The predicted octanol–water partition coefficient (Wildman–Crippen LogP) is 2.74. The molecule has 0 radical (unpaired) electrons. The third-order valence-electron chi connectivity index (χ3n) is 5.81. The normalized spacial score (nSPS) is 22.4. The second-order valence-corrected chi connectivity index (χ2v) is 7.96. The lowest BCUT2D eigenvalue weighted by Gasteiger charge is -2.45. The minimum absolute atomic E-state index is 0.0951. The minimum atomic E-state index is -0.0979. The highest BCUT2D eigenvalue weighted by molar-refractivity contribution is 5.96. The number of urea groups is 1.